The van der Waals surface area contributed by atoms with Crippen molar-refractivity contribution in [2.24, 2.45) is 5.10 Å². The molecular formula is C21H23ClN4OS. The Bertz CT molecular complexity index is 1090. The second kappa shape index (κ2) is 8.29. The van der Waals surface area contributed by atoms with Crippen molar-refractivity contribution >= 4 is 55.6 Å². The van der Waals surface area contributed by atoms with Gasteiger partial charge in [0, 0.05) is 22.0 Å². The molecule has 28 heavy (non-hydrogen) atoms. The van der Waals surface area contributed by atoms with Gasteiger partial charge in [-0.1, -0.05) is 35.9 Å². The summed E-state index contributed by atoms with van der Waals surface area (Å²) in [5.74, 6) is -0.182. The first kappa shape index (κ1) is 20.3. The van der Waals surface area contributed by atoms with Crippen LogP contribution in [0.25, 0.3) is 10.2 Å². The largest absolute Gasteiger partial charge is 0.321 e. The fourth-order valence-electron chi connectivity index (χ4n) is 2.77. The van der Waals surface area contributed by atoms with E-state index in [4.69, 9.17) is 11.6 Å². The van der Waals surface area contributed by atoms with Gasteiger partial charge < -0.3 is 5.32 Å². The first-order chi connectivity index (χ1) is 13.3. The van der Waals surface area contributed by atoms with Crippen molar-refractivity contribution in [1.29, 1.82) is 0 Å². The molecule has 3 aromatic rings. The van der Waals surface area contributed by atoms with Gasteiger partial charge in [-0.05, 0) is 69.0 Å². The lowest BCUT2D eigenvalue weighted by atomic mass is 10.1. The molecule has 0 saturated heterocycles. The van der Waals surface area contributed by atoms with Gasteiger partial charge in [-0.15, -0.1) is 0 Å². The monoisotopic (exact) mass is 414 g/mol. The highest BCUT2D eigenvalue weighted by Gasteiger charge is 2.16. The van der Waals surface area contributed by atoms with E-state index >= 15 is 0 Å². The lowest BCUT2D eigenvalue weighted by molar-refractivity contribution is 0.102. The highest BCUT2D eigenvalue weighted by atomic mass is 35.5. The van der Waals surface area contributed by atoms with Crippen LogP contribution in [0.1, 0.15) is 47.3 Å². The highest BCUT2D eigenvalue weighted by molar-refractivity contribution is 7.22. The number of hydrogen-bond donors (Lipinski definition) is 2. The second-order valence-electron chi connectivity index (χ2n) is 6.79. The normalized spacial score (nSPS) is 11.7. The zero-order chi connectivity index (χ0) is 20.4. The number of hydrogen-bond acceptors (Lipinski definition) is 5. The maximum atomic E-state index is 12.7. The van der Waals surface area contributed by atoms with Crippen LogP contribution in [0.4, 0.5) is 10.8 Å². The van der Waals surface area contributed by atoms with E-state index in [1.165, 1.54) is 11.3 Å². The summed E-state index contributed by atoms with van der Waals surface area (Å²) in [4.78, 5) is 17.3. The lowest BCUT2D eigenvalue weighted by Crippen LogP contribution is -2.14. The fraction of sp³-hybridized carbons (Fsp3) is 0.286. The van der Waals surface area contributed by atoms with Crippen molar-refractivity contribution in [3.63, 3.8) is 0 Å². The van der Waals surface area contributed by atoms with Crippen molar-refractivity contribution in [2.45, 2.75) is 41.0 Å². The van der Waals surface area contributed by atoms with Gasteiger partial charge in [-0.25, -0.2) is 4.98 Å². The first-order valence-corrected chi connectivity index (χ1v) is 10.3. The Morgan fingerprint density at radius 1 is 1.21 bits per heavy atom. The summed E-state index contributed by atoms with van der Waals surface area (Å²) in [5, 5.41) is 8.67. The molecule has 146 valence electrons. The molecule has 1 aromatic heterocycles. The van der Waals surface area contributed by atoms with Gasteiger partial charge in [-0.3, -0.25) is 10.2 Å². The Labute approximate surface area is 173 Å². The number of benzene rings is 2. The van der Waals surface area contributed by atoms with Crippen molar-refractivity contribution in [3.05, 3.63) is 51.5 Å². The Morgan fingerprint density at radius 3 is 2.64 bits per heavy atom. The number of nitrogens with one attached hydrogen (secondary N) is 2. The molecule has 5 nitrogen and oxygen atoms in total. The Balaban J connectivity index is 1.92. The minimum atomic E-state index is -0.182. The van der Waals surface area contributed by atoms with Crippen LogP contribution in [0.5, 0.6) is 0 Å². The van der Waals surface area contributed by atoms with Crippen LogP contribution in [0.15, 0.2) is 29.4 Å². The number of rotatable bonds is 5. The van der Waals surface area contributed by atoms with Crippen LogP contribution < -0.4 is 10.7 Å². The zero-order valence-electron chi connectivity index (χ0n) is 16.6. The molecule has 7 heteroatoms. The van der Waals surface area contributed by atoms with Gasteiger partial charge in [0.15, 0.2) is 0 Å². The Hall–Kier alpha value is -2.44. The SMILES string of the molecule is CC/C(C)=N/Nc1nc2cc(C)c(NC(=O)c3ccc(C)c(Cl)c3)c(C)c2s1. The van der Waals surface area contributed by atoms with Crippen molar-refractivity contribution in [3.8, 4) is 0 Å². The molecule has 0 aliphatic carbocycles. The number of thiazole rings is 1. The molecule has 3 rings (SSSR count). The van der Waals surface area contributed by atoms with Crippen LogP contribution in [0.3, 0.4) is 0 Å². The third kappa shape index (κ3) is 4.18. The fourth-order valence-corrected chi connectivity index (χ4v) is 3.84. The lowest BCUT2D eigenvalue weighted by Gasteiger charge is -2.13. The quantitative estimate of drug-likeness (QED) is 0.379. The summed E-state index contributed by atoms with van der Waals surface area (Å²) >= 11 is 7.69. The number of aromatic nitrogens is 1. The van der Waals surface area contributed by atoms with Crippen LogP contribution in [-0.2, 0) is 0 Å². The van der Waals surface area contributed by atoms with Crippen molar-refractivity contribution in [1.82, 2.24) is 4.98 Å². The summed E-state index contributed by atoms with van der Waals surface area (Å²) < 4.78 is 1.02. The number of fused-ring (bicyclic) bond motifs is 1. The number of aryl methyl sites for hydroxylation is 3. The molecule has 1 heterocycles. The second-order valence-corrected chi connectivity index (χ2v) is 8.20. The van der Waals surface area contributed by atoms with Gasteiger partial charge in [0.1, 0.15) is 0 Å². The molecule has 0 spiro atoms. The number of nitrogens with zero attached hydrogens (tertiary/aromatic N) is 2. The van der Waals surface area contributed by atoms with E-state index in [-0.39, 0.29) is 5.91 Å². The molecule has 1 amide bonds. The number of hydrazone groups is 1. The van der Waals surface area contributed by atoms with Crippen molar-refractivity contribution in [2.75, 3.05) is 10.7 Å². The molecule has 0 aliphatic heterocycles. The van der Waals surface area contributed by atoms with Crippen LogP contribution in [-0.4, -0.2) is 16.6 Å². The van der Waals surface area contributed by atoms with Gasteiger partial charge in [-0.2, -0.15) is 5.10 Å². The molecule has 0 saturated carbocycles. The highest BCUT2D eigenvalue weighted by Crippen LogP contribution is 2.35. The summed E-state index contributed by atoms with van der Waals surface area (Å²) in [6.45, 7) is 9.91. The third-order valence-electron chi connectivity index (χ3n) is 4.64. The van der Waals surface area contributed by atoms with Gasteiger partial charge >= 0.3 is 0 Å². The topological polar surface area (TPSA) is 66.4 Å². The predicted molar refractivity (Wildman–Crippen MR) is 120 cm³/mol. The minimum absolute atomic E-state index is 0.182. The molecule has 0 bridgehead atoms. The van der Waals surface area contributed by atoms with E-state index in [0.717, 1.165) is 49.9 Å². The van der Waals surface area contributed by atoms with E-state index in [9.17, 15) is 4.79 Å². The molecule has 2 aromatic carbocycles. The van der Waals surface area contributed by atoms with Crippen LogP contribution in [0.2, 0.25) is 5.02 Å². The van der Waals surface area contributed by atoms with Crippen LogP contribution >= 0.6 is 22.9 Å². The van der Waals surface area contributed by atoms with Crippen molar-refractivity contribution < 1.29 is 4.79 Å². The molecular weight excluding hydrogens is 392 g/mol. The molecule has 0 aliphatic rings. The van der Waals surface area contributed by atoms with Gasteiger partial charge in [0.05, 0.1) is 10.2 Å². The average Bonchev–Trinajstić information content (AvgIpc) is 3.08. The number of carbonyl (C=O) groups is 1. The molecule has 2 N–H and O–H groups in total. The maximum Gasteiger partial charge on any atom is 0.255 e. The zero-order valence-corrected chi connectivity index (χ0v) is 18.2. The Kier molecular flexibility index (Phi) is 6.01. The van der Waals surface area contributed by atoms with Gasteiger partial charge in [0.25, 0.3) is 5.91 Å². The summed E-state index contributed by atoms with van der Waals surface area (Å²) in [6.07, 6.45) is 0.884. The van der Waals surface area contributed by atoms with E-state index in [2.05, 4.69) is 27.8 Å². The standard InChI is InChI=1S/C21H23ClN4OS/c1-6-13(4)25-26-21-23-17-9-12(3)18(14(5)19(17)28-21)24-20(27)15-8-7-11(2)16(22)10-15/h7-10H,6H2,1-5H3,(H,23,26)(H,24,27)/b25-13+. The van der Waals surface area contributed by atoms with E-state index in [0.29, 0.717) is 10.6 Å². The van der Waals surface area contributed by atoms with E-state index in [1.54, 1.807) is 12.1 Å². The third-order valence-corrected chi connectivity index (χ3v) is 6.15. The van der Waals surface area contributed by atoms with E-state index < -0.39 is 0 Å². The summed E-state index contributed by atoms with van der Waals surface area (Å²) in [7, 11) is 0. The maximum absolute atomic E-state index is 12.7. The van der Waals surface area contributed by atoms with Crippen LogP contribution in [0, 0.1) is 20.8 Å². The number of anilines is 2. The minimum Gasteiger partial charge on any atom is -0.321 e. The Morgan fingerprint density at radius 2 is 1.96 bits per heavy atom. The summed E-state index contributed by atoms with van der Waals surface area (Å²) in [6, 6.07) is 7.30. The number of amides is 1. The summed E-state index contributed by atoms with van der Waals surface area (Å²) in [5.41, 5.74) is 9.15. The smallest absolute Gasteiger partial charge is 0.255 e. The molecule has 0 radical (unpaired) electrons. The molecule has 0 atom stereocenters. The predicted octanol–water partition coefficient (Wildman–Crippen LogP) is 6.33. The van der Waals surface area contributed by atoms with E-state index in [1.807, 2.05) is 39.8 Å². The molecule has 0 unspecified atom stereocenters. The van der Waals surface area contributed by atoms with Gasteiger partial charge in [0.2, 0.25) is 5.13 Å². The average molecular weight is 415 g/mol. The number of carbonyl (C=O) groups excluding carboxylic acids is 1. The molecule has 0 fully saturated rings. The first-order valence-electron chi connectivity index (χ1n) is 9.07. The number of halogens is 1.